The van der Waals surface area contributed by atoms with Crippen molar-refractivity contribution in [2.24, 2.45) is 0 Å². The molecular formula is C22H22ClN3O3. The summed E-state index contributed by atoms with van der Waals surface area (Å²) >= 11 is 6.09. The monoisotopic (exact) mass is 411 g/mol. The molecule has 0 bridgehead atoms. The molecule has 0 saturated carbocycles. The van der Waals surface area contributed by atoms with Crippen LogP contribution in [0.2, 0.25) is 5.02 Å². The highest BCUT2D eigenvalue weighted by molar-refractivity contribution is 6.31. The summed E-state index contributed by atoms with van der Waals surface area (Å²) in [5.74, 6) is -0.172. The minimum absolute atomic E-state index is 0.174. The summed E-state index contributed by atoms with van der Waals surface area (Å²) in [6, 6.07) is 13.7. The standard InChI is InChI=1S/C22H22ClN3O3/c1-13-8-9-17(12-14(13)2)26-21(27)11-10-20(25-26)29-16(4)22(28)24-19-7-5-6-18(23)15(19)3/h5-12,16H,1-4H3,(H,24,28)/t16-/m1/s1. The number of ether oxygens (including phenoxy) is 1. The van der Waals surface area contributed by atoms with Crippen LogP contribution in [0, 0.1) is 20.8 Å². The zero-order valence-electron chi connectivity index (χ0n) is 16.7. The van der Waals surface area contributed by atoms with E-state index in [2.05, 4.69) is 10.4 Å². The van der Waals surface area contributed by atoms with Gasteiger partial charge in [0, 0.05) is 22.8 Å². The van der Waals surface area contributed by atoms with Crippen molar-refractivity contribution in [1.29, 1.82) is 0 Å². The van der Waals surface area contributed by atoms with Crippen molar-refractivity contribution in [1.82, 2.24) is 9.78 Å². The summed E-state index contributed by atoms with van der Waals surface area (Å²) in [5.41, 5.74) is 3.91. The second-order valence-electron chi connectivity index (χ2n) is 6.85. The van der Waals surface area contributed by atoms with E-state index in [4.69, 9.17) is 16.3 Å². The Hall–Kier alpha value is -3.12. The number of amides is 1. The zero-order chi connectivity index (χ0) is 21.1. The molecule has 0 spiro atoms. The quantitative estimate of drug-likeness (QED) is 0.682. The molecule has 0 radical (unpaired) electrons. The van der Waals surface area contributed by atoms with E-state index in [0.29, 0.717) is 16.4 Å². The van der Waals surface area contributed by atoms with Gasteiger partial charge in [-0.15, -0.1) is 5.10 Å². The van der Waals surface area contributed by atoms with E-state index < -0.39 is 6.10 Å². The maximum absolute atomic E-state index is 12.5. The SMILES string of the molecule is Cc1ccc(-n2nc(O[C@H](C)C(=O)Nc3cccc(Cl)c3C)ccc2=O)cc1C. The van der Waals surface area contributed by atoms with Crippen LogP contribution in [0.25, 0.3) is 5.69 Å². The summed E-state index contributed by atoms with van der Waals surface area (Å²) in [5, 5.41) is 7.62. The first-order valence-corrected chi connectivity index (χ1v) is 9.54. The topological polar surface area (TPSA) is 73.2 Å². The average Bonchev–Trinajstić information content (AvgIpc) is 2.69. The number of aryl methyl sites for hydroxylation is 2. The molecule has 0 aliphatic carbocycles. The number of aromatic nitrogens is 2. The van der Waals surface area contributed by atoms with Gasteiger partial charge in [-0.05, 0) is 68.7 Å². The number of nitrogens with zero attached hydrogens (tertiary/aromatic N) is 2. The molecule has 1 amide bonds. The van der Waals surface area contributed by atoms with Crippen LogP contribution in [0.1, 0.15) is 23.6 Å². The van der Waals surface area contributed by atoms with Crippen LogP contribution in [0.15, 0.2) is 53.3 Å². The molecule has 150 valence electrons. The van der Waals surface area contributed by atoms with Crippen LogP contribution in [0.5, 0.6) is 5.88 Å². The van der Waals surface area contributed by atoms with Gasteiger partial charge in [-0.1, -0.05) is 23.7 Å². The Morgan fingerprint density at radius 3 is 2.59 bits per heavy atom. The number of anilines is 1. The van der Waals surface area contributed by atoms with Crippen molar-refractivity contribution in [3.05, 3.63) is 80.6 Å². The number of hydrogen-bond donors (Lipinski definition) is 1. The van der Waals surface area contributed by atoms with Crippen LogP contribution >= 0.6 is 11.6 Å². The number of halogens is 1. The maximum atomic E-state index is 12.5. The van der Waals surface area contributed by atoms with Crippen LogP contribution in [0.3, 0.4) is 0 Å². The molecule has 1 N–H and O–H groups in total. The van der Waals surface area contributed by atoms with E-state index in [1.54, 1.807) is 25.1 Å². The molecule has 3 rings (SSSR count). The second kappa shape index (κ2) is 8.49. The van der Waals surface area contributed by atoms with E-state index in [9.17, 15) is 9.59 Å². The van der Waals surface area contributed by atoms with Gasteiger partial charge in [-0.3, -0.25) is 9.59 Å². The molecule has 29 heavy (non-hydrogen) atoms. The minimum Gasteiger partial charge on any atom is -0.463 e. The Bertz CT molecular complexity index is 1120. The summed E-state index contributed by atoms with van der Waals surface area (Å²) in [6.07, 6.45) is -0.827. The third kappa shape index (κ3) is 4.66. The predicted molar refractivity (Wildman–Crippen MR) is 114 cm³/mol. The molecule has 1 aromatic heterocycles. The molecular weight excluding hydrogens is 390 g/mol. The Labute approximate surface area is 174 Å². The highest BCUT2D eigenvalue weighted by Gasteiger charge is 2.17. The largest absolute Gasteiger partial charge is 0.463 e. The van der Waals surface area contributed by atoms with E-state index >= 15 is 0 Å². The van der Waals surface area contributed by atoms with Gasteiger partial charge in [-0.2, -0.15) is 4.68 Å². The Balaban J connectivity index is 1.79. The predicted octanol–water partition coefficient (Wildman–Crippen LogP) is 4.22. The average molecular weight is 412 g/mol. The smallest absolute Gasteiger partial charge is 0.271 e. The van der Waals surface area contributed by atoms with Crippen LogP contribution < -0.4 is 15.6 Å². The van der Waals surface area contributed by atoms with Crippen LogP contribution in [-0.2, 0) is 4.79 Å². The number of hydrogen-bond acceptors (Lipinski definition) is 4. The number of carbonyl (C=O) groups is 1. The van der Waals surface area contributed by atoms with Crippen molar-refractivity contribution in [3.8, 4) is 11.6 Å². The lowest BCUT2D eigenvalue weighted by Crippen LogP contribution is -2.31. The minimum atomic E-state index is -0.827. The van der Waals surface area contributed by atoms with Gasteiger partial charge in [0.15, 0.2) is 6.10 Å². The highest BCUT2D eigenvalue weighted by atomic mass is 35.5. The van der Waals surface area contributed by atoms with Crippen molar-refractivity contribution in [3.63, 3.8) is 0 Å². The number of benzene rings is 2. The molecule has 7 heteroatoms. The number of carbonyl (C=O) groups excluding carboxylic acids is 1. The Morgan fingerprint density at radius 2 is 1.86 bits per heavy atom. The van der Waals surface area contributed by atoms with Crippen molar-refractivity contribution in [2.75, 3.05) is 5.32 Å². The third-order valence-corrected chi connectivity index (χ3v) is 5.11. The highest BCUT2D eigenvalue weighted by Crippen LogP contribution is 2.23. The second-order valence-corrected chi connectivity index (χ2v) is 7.26. The fourth-order valence-electron chi connectivity index (χ4n) is 2.71. The lowest BCUT2D eigenvalue weighted by atomic mass is 10.1. The molecule has 1 heterocycles. The van der Waals surface area contributed by atoms with Crippen molar-refractivity contribution in [2.45, 2.75) is 33.8 Å². The maximum Gasteiger partial charge on any atom is 0.271 e. The van der Waals surface area contributed by atoms with E-state index in [-0.39, 0.29) is 17.3 Å². The first kappa shape index (κ1) is 20.6. The lowest BCUT2D eigenvalue weighted by molar-refractivity contribution is -0.122. The molecule has 0 aliphatic rings. The number of rotatable bonds is 5. The van der Waals surface area contributed by atoms with E-state index in [1.165, 1.54) is 16.8 Å². The summed E-state index contributed by atoms with van der Waals surface area (Å²) in [4.78, 5) is 24.8. The first-order valence-electron chi connectivity index (χ1n) is 9.17. The molecule has 1 atom stereocenters. The van der Waals surface area contributed by atoms with Crippen LogP contribution in [0.4, 0.5) is 5.69 Å². The fraction of sp³-hybridized carbons (Fsp3) is 0.227. The molecule has 0 aliphatic heterocycles. The molecule has 0 saturated heterocycles. The zero-order valence-corrected chi connectivity index (χ0v) is 17.4. The molecule has 0 fully saturated rings. The molecule has 3 aromatic rings. The van der Waals surface area contributed by atoms with Crippen LogP contribution in [-0.4, -0.2) is 21.8 Å². The Morgan fingerprint density at radius 1 is 1.10 bits per heavy atom. The van der Waals surface area contributed by atoms with Gasteiger partial charge in [-0.25, -0.2) is 0 Å². The van der Waals surface area contributed by atoms with E-state index in [1.807, 2.05) is 39.0 Å². The lowest BCUT2D eigenvalue weighted by Gasteiger charge is -2.16. The van der Waals surface area contributed by atoms with Gasteiger partial charge in [0.1, 0.15) is 0 Å². The molecule has 6 nitrogen and oxygen atoms in total. The van der Waals surface area contributed by atoms with Gasteiger partial charge >= 0.3 is 0 Å². The third-order valence-electron chi connectivity index (χ3n) is 4.70. The normalized spacial score (nSPS) is 11.8. The summed E-state index contributed by atoms with van der Waals surface area (Å²) in [6.45, 7) is 7.40. The van der Waals surface area contributed by atoms with Crippen molar-refractivity contribution < 1.29 is 9.53 Å². The Kier molecular flexibility index (Phi) is 6.03. The van der Waals surface area contributed by atoms with Crippen molar-refractivity contribution >= 4 is 23.2 Å². The molecule has 2 aromatic carbocycles. The summed E-state index contributed by atoms with van der Waals surface area (Å²) in [7, 11) is 0. The first-order chi connectivity index (χ1) is 13.8. The van der Waals surface area contributed by atoms with Gasteiger partial charge in [0.05, 0.1) is 5.69 Å². The molecule has 0 unspecified atom stereocenters. The van der Waals surface area contributed by atoms with Gasteiger partial charge < -0.3 is 10.1 Å². The summed E-state index contributed by atoms with van der Waals surface area (Å²) < 4.78 is 6.93. The van der Waals surface area contributed by atoms with Gasteiger partial charge in [0.2, 0.25) is 5.88 Å². The van der Waals surface area contributed by atoms with Gasteiger partial charge in [0.25, 0.3) is 11.5 Å². The number of nitrogens with one attached hydrogen (secondary N) is 1. The van der Waals surface area contributed by atoms with E-state index in [0.717, 1.165) is 16.7 Å². The fourth-order valence-corrected chi connectivity index (χ4v) is 2.89.